The van der Waals surface area contributed by atoms with Gasteiger partial charge in [-0.05, 0) is 87.5 Å². The molecule has 3 atom stereocenters. The Morgan fingerprint density at radius 3 is 2.10 bits per heavy atom. The summed E-state index contributed by atoms with van der Waals surface area (Å²) in [4.78, 5) is 109. The van der Waals surface area contributed by atoms with Crippen LogP contribution in [0.5, 0.6) is 0 Å². The van der Waals surface area contributed by atoms with Crippen molar-refractivity contribution in [1.29, 1.82) is 0 Å². The number of allylic oxidation sites excluding steroid dienone is 3. The number of nitrogens with one attached hydrogen (secondary N) is 6. The minimum Gasteiger partial charge on any atom is -0.377 e. The molecule has 0 aromatic heterocycles. The van der Waals surface area contributed by atoms with Crippen LogP contribution in [0.15, 0.2) is 48.2 Å². The Kier molecular flexibility index (Phi) is 22.9. The number of anilines is 1. The Morgan fingerprint density at radius 2 is 1.44 bits per heavy atom. The molecule has 8 amide bonds. The molecule has 19 nitrogen and oxygen atoms in total. The fraction of sp³-hybridized carbons (Fsp3) is 0.581. The average Bonchev–Trinajstić information content (AvgIpc) is 3.54. The molecule has 19 heteroatoms. The van der Waals surface area contributed by atoms with Crippen LogP contribution >= 0.6 is 0 Å². The zero-order valence-electron chi connectivity index (χ0n) is 35.8. The van der Waals surface area contributed by atoms with Gasteiger partial charge in [0.15, 0.2) is 0 Å². The molecule has 3 unspecified atom stereocenters. The van der Waals surface area contributed by atoms with Gasteiger partial charge in [-0.25, -0.2) is 9.59 Å². The predicted molar refractivity (Wildman–Crippen MR) is 227 cm³/mol. The monoisotopic (exact) mass is 868 g/mol. The number of hydrogen-bond acceptors (Lipinski definition) is 12. The predicted octanol–water partition coefficient (Wildman–Crippen LogP) is 3.29. The van der Waals surface area contributed by atoms with E-state index in [1.807, 2.05) is 18.2 Å². The summed E-state index contributed by atoms with van der Waals surface area (Å²) in [5.41, 5.74) is 9.87. The smallest absolute Gasteiger partial charge is 0.333 e. The van der Waals surface area contributed by atoms with E-state index in [4.69, 9.17) is 15.4 Å². The molecule has 1 fully saturated rings. The SMILES string of the molecule is CC(C)C(NC(=O)CCCCCC(=O)ON1C(=O)CCC1=O)C(=O)NC(CCCNC(N)=O)C(=O)Nc1ccc(CONC(O)CCCCCCC(=O)NC2=CCCC=C2)cc1. The molecule has 1 aliphatic heterocycles. The van der Waals surface area contributed by atoms with Crippen molar-refractivity contribution in [2.45, 2.75) is 148 Å². The largest absolute Gasteiger partial charge is 0.377 e. The third-order valence-electron chi connectivity index (χ3n) is 9.94. The summed E-state index contributed by atoms with van der Waals surface area (Å²) in [5, 5.41) is 24.4. The lowest BCUT2D eigenvalue weighted by Crippen LogP contribution is -2.54. The first kappa shape index (κ1) is 50.7. The van der Waals surface area contributed by atoms with Crippen molar-refractivity contribution in [3.05, 3.63) is 53.8 Å². The first-order valence-electron chi connectivity index (χ1n) is 21.5. The van der Waals surface area contributed by atoms with Gasteiger partial charge in [-0.2, -0.15) is 5.48 Å². The van der Waals surface area contributed by atoms with Gasteiger partial charge in [0.05, 0.1) is 6.61 Å². The maximum absolute atomic E-state index is 13.5. The van der Waals surface area contributed by atoms with E-state index in [9.17, 15) is 43.5 Å². The molecule has 62 heavy (non-hydrogen) atoms. The van der Waals surface area contributed by atoms with Crippen molar-refractivity contribution < 1.29 is 53.1 Å². The van der Waals surface area contributed by atoms with Crippen molar-refractivity contribution >= 4 is 53.1 Å². The summed E-state index contributed by atoms with van der Waals surface area (Å²) < 4.78 is 0. The number of imide groups is 1. The van der Waals surface area contributed by atoms with E-state index in [2.05, 4.69) is 32.1 Å². The van der Waals surface area contributed by atoms with Gasteiger partial charge < -0.3 is 42.3 Å². The van der Waals surface area contributed by atoms with Crippen molar-refractivity contribution in [2.75, 3.05) is 11.9 Å². The van der Waals surface area contributed by atoms with Gasteiger partial charge in [0.1, 0.15) is 18.3 Å². The normalized spacial score (nSPS) is 15.0. The molecule has 0 saturated carbocycles. The van der Waals surface area contributed by atoms with Crippen LogP contribution < -0.4 is 37.8 Å². The standard InChI is InChI=1S/C43H64N8O11/c1-29(2)40(49-35(53)18-11-6-12-20-39(57)62-51-37(55)25-26-38(51)56)42(59)48-33(16-13-27-45-43(44)60)41(58)47-32-23-21-30(22-24-32)28-61-50-36(54)19-10-4-3-9-17-34(52)46-31-14-7-5-8-15-31/h7,14-15,21-24,29,33,36,40,50,54H,3-6,8-13,16-20,25-28H2,1-2H3,(H,46,52)(H,47,58)(H,48,59)(H,49,53)(H3,44,45,60). The summed E-state index contributed by atoms with van der Waals surface area (Å²) in [6, 6.07) is 4.08. The lowest BCUT2D eigenvalue weighted by Gasteiger charge is -2.25. The highest BCUT2D eigenvalue weighted by Gasteiger charge is 2.33. The minimum atomic E-state index is -1.03. The Morgan fingerprint density at radius 1 is 0.774 bits per heavy atom. The molecular formula is C43H64N8O11. The van der Waals surface area contributed by atoms with Crippen LogP contribution in [0.1, 0.15) is 129 Å². The number of aliphatic hydroxyl groups is 1. The third-order valence-corrected chi connectivity index (χ3v) is 9.94. The Labute approximate surface area is 362 Å². The van der Waals surface area contributed by atoms with Crippen LogP contribution in [0.3, 0.4) is 0 Å². The van der Waals surface area contributed by atoms with Crippen molar-refractivity contribution in [1.82, 2.24) is 31.8 Å². The number of urea groups is 1. The van der Waals surface area contributed by atoms with E-state index in [1.54, 1.807) is 38.1 Å². The van der Waals surface area contributed by atoms with E-state index in [0.717, 1.165) is 49.8 Å². The number of nitrogens with two attached hydrogens (primary N) is 1. The fourth-order valence-corrected chi connectivity index (χ4v) is 6.47. The number of carbonyl (C=O) groups is 8. The van der Waals surface area contributed by atoms with E-state index < -0.39 is 59.8 Å². The molecular weight excluding hydrogens is 805 g/mol. The van der Waals surface area contributed by atoms with Gasteiger partial charge >= 0.3 is 12.0 Å². The molecule has 1 aromatic rings. The summed E-state index contributed by atoms with van der Waals surface area (Å²) in [7, 11) is 0. The van der Waals surface area contributed by atoms with Crippen molar-refractivity contribution in [2.24, 2.45) is 11.7 Å². The van der Waals surface area contributed by atoms with Crippen LogP contribution in [0.4, 0.5) is 10.5 Å². The Balaban J connectivity index is 1.38. The highest BCUT2D eigenvalue weighted by molar-refractivity contribution is 6.01. The number of benzene rings is 1. The maximum Gasteiger partial charge on any atom is 0.333 e. The summed E-state index contributed by atoms with van der Waals surface area (Å²) in [6.07, 6.45) is 13.0. The highest BCUT2D eigenvalue weighted by atomic mass is 16.7. The highest BCUT2D eigenvalue weighted by Crippen LogP contribution is 2.16. The van der Waals surface area contributed by atoms with E-state index in [1.165, 1.54) is 0 Å². The van der Waals surface area contributed by atoms with Crippen LogP contribution in [0, 0.1) is 5.92 Å². The van der Waals surface area contributed by atoms with Gasteiger partial charge in [-0.3, -0.25) is 33.6 Å². The molecule has 1 heterocycles. The number of carbonyl (C=O) groups excluding carboxylic acids is 8. The van der Waals surface area contributed by atoms with E-state index in [-0.39, 0.29) is 57.1 Å². The quantitative estimate of drug-likeness (QED) is 0.0249. The summed E-state index contributed by atoms with van der Waals surface area (Å²) in [6.45, 7) is 3.81. The topological polar surface area (TPSA) is 277 Å². The molecule has 9 N–H and O–H groups in total. The fourth-order valence-electron chi connectivity index (χ4n) is 6.47. The zero-order chi connectivity index (χ0) is 45.3. The lowest BCUT2D eigenvalue weighted by molar-refractivity contribution is -0.197. The number of aliphatic hydroxyl groups excluding tert-OH is 1. The van der Waals surface area contributed by atoms with E-state index in [0.29, 0.717) is 49.3 Å². The molecule has 2 aliphatic rings. The van der Waals surface area contributed by atoms with Gasteiger partial charge in [0.2, 0.25) is 23.6 Å². The summed E-state index contributed by atoms with van der Waals surface area (Å²) in [5.74, 6) is -3.65. The number of hydroxylamine groups is 3. The van der Waals surface area contributed by atoms with Gasteiger partial charge in [-0.1, -0.05) is 57.4 Å². The molecule has 1 saturated heterocycles. The van der Waals surface area contributed by atoms with Crippen LogP contribution in [0.25, 0.3) is 0 Å². The average molecular weight is 869 g/mol. The first-order valence-corrected chi connectivity index (χ1v) is 21.5. The zero-order valence-corrected chi connectivity index (χ0v) is 35.8. The second-order valence-corrected chi connectivity index (χ2v) is 15.6. The molecule has 3 rings (SSSR count). The van der Waals surface area contributed by atoms with Crippen LogP contribution in [-0.4, -0.2) is 82.5 Å². The molecule has 1 aromatic carbocycles. The van der Waals surface area contributed by atoms with Gasteiger partial charge in [0, 0.05) is 50.0 Å². The second-order valence-electron chi connectivity index (χ2n) is 15.6. The Hall–Kier alpha value is -5.66. The molecule has 0 spiro atoms. The van der Waals surface area contributed by atoms with Gasteiger partial charge in [-0.15, -0.1) is 5.06 Å². The van der Waals surface area contributed by atoms with Crippen LogP contribution in [0.2, 0.25) is 0 Å². The number of hydrogen-bond donors (Lipinski definition) is 8. The minimum absolute atomic E-state index is 0.00308. The van der Waals surface area contributed by atoms with Crippen molar-refractivity contribution in [3.63, 3.8) is 0 Å². The summed E-state index contributed by atoms with van der Waals surface area (Å²) >= 11 is 0. The van der Waals surface area contributed by atoms with E-state index >= 15 is 0 Å². The Bertz CT molecular complexity index is 1720. The molecule has 342 valence electrons. The first-order chi connectivity index (χ1) is 29.7. The second kappa shape index (κ2) is 28.0. The number of nitrogens with zero attached hydrogens (tertiary/aromatic N) is 1. The third kappa shape index (κ3) is 20.3. The molecule has 1 aliphatic carbocycles. The molecule has 0 bridgehead atoms. The number of primary amides is 1. The number of unbranched alkanes of at least 4 members (excludes halogenated alkanes) is 5. The van der Waals surface area contributed by atoms with Gasteiger partial charge in [0.25, 0.3) is 11.8 Å². The molecule has 0 radical (unpaired) electrons. The maximum atomic E-state index is 13.5. The number of rotatable bonds is 29. The van der Waals surface area contributed by atoms with Crippen molar-refractivity contribution in [3.8, 4) is 0 Å². The number of amides is 8. The lowest BCUT2D eigenvalue weighted by atomic mass is 10.0. The van der Waals surface area contributed by atoms with Crippen LogP contribution in [-0.2, 0) is 49.8 Å².